The summed E-state index contributed by atoms with van der Waals surface area (Å²) in [5.41, 5.74) is 1.13. The summed E-state index contributed by atoms with van der Waals surface area (Å²) in [5.74, 6) is -1.81. The molecule has 0 radical (unpaired) electrons. The van der Waals surface area contributed by atoms with Crippen molar-refractivity contribution in [3.05, 3.63) is 65.7 Å². The minimum absolute atomic E-state index is 0.206. The molecule has 0 bridgehead atoms. The maximum Gasteiger partial charge on any atom is 0.325 e. The van der Waals surface area contributed by atoms with Crippen molar-refractivity contribution in [1.82, 2.24) is 5.32 Å². The molecule has 7 heteroatoms. The van der Waals surface area contributed by atoms with Crippen molar-refractivity contribution in [3.63, 3.8) is 0 Å². The maximum absolute atomic E-state index is 12.6. The van der Waals surface area contributed by atoms with Crippen LogP contribution in [0.15, 0.2) is 54.6 Å². The van der Waals surface area contributed by atoms with E-state index in [9.17, 15) is 14.4 Å². The fourth-order valence-corrected chi connectivity index (χ4v) is 2.41. The molecule has 0 spiro atoms. The molecule has 0 heterocycles. The predicted molar refractivity (Wildman–Crippen MR) is 110 cm³/mol. The summed E-state index contributed by atoms with van der Waals surface area (Å²) in [6.45, 7) is 5.65. The van der Waals surface area contributed by atoms with Gasteiger partial charge in [0, 0.05) is 11.3 Å². The Morgan fingerprint density at radius 3 is 2.24 bits per heavy atom. The number of carboxylic acid groups (broad SMARTS) is 1. The van der Waals surface area contributed by atoms with Crippen molar-refractivity contribution in [3.8, 4) is 0 Å². The summed E-state index contributed by atoms with van der Waals surface area (Å²) in [6, 6.07) is 15.0. The molecule has 29 heavy (non-hydrogen) atoms. The molecule has 154 valence electrons. The maximum atomic E-state index is 12.6. The number of carboxylic acids is 1. The zero-order chi connectivity index (χ0) is 21.4. The highest BCUT2D eigenvalue weighted by Gasteiger charge is 2.28. The normalized spacial score (nSPS) is 12.1. The molecule has 1 unspecified atom stereocenters. The summed E-state index contributed by atoms with van der Waals surface area (Å²) >= 11 is 0. The number of carbonyl (C=O) groups is 3. The standard InChI is InChI=1S/C22H26N2O5/c1-15(20(26)27)23-19(25)17-9-11-18(12-10-17)24-21(28)22(2,3)14-29-13-16-7-5-4-6-8-16/h4-12,15H,13-14H2,1-3H3,(H,23,25)(H,24,28)(H,26,27). The Bertz CT molecular complexity index is 847. The number of ether oxygens (including phenoxy) is 1. The van der Waals surface area contributed by atoms with E-state index in [-0.39, 0.29) is 12.5 Å². The predicted octanol–water partition coefficient (Wildman–Crippen LogP) is 3.07. The average molecular weight is 398 g/mol. The van der Waals surface area contributed by atoms with Crippen LogP contribution in [0.4, 0.5) is 5.69 Å². The molecule has 0 aromatic heterocycles. The van der Waals surface area contributed by atoms with Gasteiger partial charge in [0.15, 0.2) is 0 Å². The van der Waals surface area contributed by atoms with Crippen molar-refractivity contribution in [2.75, 3.05) is 11.9 Å². The van der Waals surface area contributed by atoms with Crippen LogP contribution in [-0.4, -0.2) is 35.5 Å². The number of hydrogen-bond donors (Lipinski definition) is 3. The van der Waals surface area contributed by atoms with E-state index in [1.807, 2.05) is 30.3 Å². The van der Waals surface area contributed by atoms with Crippen LogP contribution in [0.1, 0.15) is 36.7 Å². The van der Waals surface area contributed by atoms with Gasteiger partial charge in [0.25, 0.3) is 5.91 Å². The van der Waals surface area contributed by atoms with Crippen LogP contribution in [0, 0.1) is 5.41 Å². The van der Waals surface area contributed by atoms with Gasteiger partial charge >= 0.3 is 5.97 Å². The molecule has 0 fully saturated rings. The molecule has 7 nitrogen and oxygen atoms in total. The van der Waals surface area contributed by atoms with Gasteiger partial charge in [-0.3, -0.25) is 14.4 Å². The zero-order valence-corrected chi connectivity index (χ0v) is 16.8. The molecule has 2 amide bonds. The Morgan fingerprint density at radius 2 is 1.66 bits per heavy atom. The van der Waals surface area contributed by atoms with Gasteiger partial charge in [0.05, 0.1) is 18.6 Å². The first kappa shape index (κ1) is 22.1. The van der Waals surface area contributed by atoms with Gasteiger partial charge in [0.2, 0.25) is 5.91 Å². The molecule has 2 rings (SSSR count). The summed E-state index contributed by atoms with van der Waals surface area (Å²) in [5, 5.41) is 14.0. The molecule has 0 saturated carbocycles. The minimum Gasteiger partial charge on any atom is -0.480 e. The van der Waals surface area contributed by atoms with Gasteiger partial charge in [-0.15, -0.1) is 0 Å². The number of carbonyl (C=O) groups excluding carboxylic acids is 2. The number of anilines is 1. The molecule has 2 aromatic carbocycles. The van der Waals surface area contributed by atoms with Crippen molar-refractivity contribution in [2.24, 2.45) is 5.41 Å². The van der Waals surface area contributed by atoms with Crippen molar-refractivity contribution < 1.29 is 24.2 Å². The summed E-state index contributed by atoms with van der Waals surface area (Å²) in [7, 11) is 0. The molecule has 2 aromatic rings. The highest BCUT2D eigenvalue weighted by molar-refractivity contribution is 5.98. The van der Waals surface area contributed by atoms with Gasteiger partial charge in [-0.25, -0.2) is 0 Å². The molecular formula is C22H26N2O5. The fourth-order valence-electron chi connectivity index (χ4n) is 2.41. The first-order valence-electron chi connectivity index (χ1n) is 9.26. The van der Waals surface area contributed by atoms with E-state index in [0.29, 0.717) is 17.9 Å². The van der Waals surface area contributed by atoms with E-state index in [0.717, 1.165) is 5.56 Å². The second kappa shape index (κ2) is 9.84. The van der Waals surface area contributed by atoms with Crippen LogP contribution in [0.25, 0.3) is 0 Å². The second-order valence-electron chi connectivity index (χ2n) is 7.43. The largest absolute Gasteiger partial charge is 0.480 e. The Balaban J connectivity index is 1.88. The van der Waals surface area contributed by atoms with Crippen molar-refractivity contribution >= 4 is 23.5 Å². The molecular weight excluding hydrogens is 372 g/mol. The molecule has 0 aliphatic rings. The molecule has 1 atom stereocenters. The fraction of sp³-hybridized carbons (Fsp3) is 0.318. The monoisotopic (exact) mass is 398 g/mol. The zero-order valence-electron chi connectivity index (χ0n) is 16.8. The third kappa shape index (κ3) is 6.73. The van der Waals surface area contributed by atoms with Gasteiger partial charge in [-0.2, -0.15) is 0 Å². The van der Waals surface area contributed by atoms with Crippen molar-refractivity contribution in [2.45, 2.75) is 33.4 Å². The van der Waals surface area contributed by atoms with Crippen LogP contribution in [0.2, 0.25) is 0 Å². The van der Waals surface area contributed by atoms with E-state index < -0.39 is 23.3 Å². The Hall–Kier alpha value is -3.19. The van der Waals surface area contributed by atoms with Crippen LogP contribution < -0.4 is 10.6 Å². The van der Waals surface area contributed by atoms with Crippen molar-refractivity contribution in [1.29, 1.82) is 0 Å². The highest BCUT2D eigenvalue weighted by atomic mass is 16.5. The lowest BCUT2D eigenvalue weighted by atomic mass is 9.93. The number of hydrogen-bond acceptors (Lipinski definition) is 4. The first-order chi connectivity index (χ1) is 13.7. The van der Waals surface area contributed by atoms with Crippen LogP contribution in [0.3, 0.4) is 0 Å². The van der Waals surface area contributed by atoms with Crippen LogP contribution >= 0.6 is 0 Å². The number of benzene rings is 2. The number of rotatable bonds is 9. The Labute approximate surface area is 170 Å². The average Bonchev–Trinajstić information content (AvgIpc) is 2.69. The number of aliphatic carboxylic acids is 1. The lowest BCUT2D eigenvalue weighted by Crippen LogP contribution is -2.38. The van der Waals surface area contributed by atoms with E-state index in [2.05, 4.69) is 10.6 Å². The quantitative estimate of drug-likeness (QED) is 0.602. The lowest BCUT2D eigenvalue weighted by molar-refractivity contribution is -0.138. The smallest absolute Gasteiger partial charge is 0.325 e. The topological polar surface area (TPSA) is 105 Å². The number of amides is 2. The highest BCUT2D eigenvalue weighted by Crippen LogP contribution is 2.20. The first-order valence-corrected chi connectivity index (χ1v) is 9.26. The third-order valence-corrected chi connectivity index (χ3v) is 4.31. The van der Waals surface area contributed by atoms with Gasteiger partial charge in [-0.1, -0.05) is 30.3 Å². The van der Waals surface area contributed by atoms with E-state index in [1.54, 1.807) is 26.0 Å². The SMILES string of the molecule is CC(NC(=O)c1ccc(NC(=O)C(C)(C)COCc2ccccc2)cc1)C(=O)O. The van der Waals surface area contributed by atoms with Crippen LogP contribution in [-0.2, 0) is 20.9 Å². The molecule has 3 N–H and O–H groups in total. The van der Waals surface area contributed by atoms with E-state index in [1.165, 1.54) is 19.1 Å². The lowest BCUT2D eigenvalue weighted by Gasteiger charge is -2.23. The molecule has 0 aliphatic carbocycles. The Kier molecular flexibility index (Phi) is 7.50. The summed E-state index contributed by atoms with van der Waals surface area (Å²) < 4.78 is 5.69. The van der Waals surface area contributed by atoms with Crippen LogP contribution in [0.5, 0.6) is 0 Å². The molecule has 0 saturated heterocycles. The Morgan fingerprint density at radius 1 is 1.03 bits per heavy atom. The second-order valence-corrected chi connectivity index (χ2v) is 7.43. The van der Waals surface area contributed by atoms with E-state index >= 15 is 0 Å². The minimum atomic E-state index is -1.11. The van der Waals surface area contributed by atoms with Gasteiger partial charge < -0.3 is 20.5 Å². The molecule has 0 aliphatic heterocycles. The van der Waals surface area contributed by atoms with Gasteiger partial charge in [-0.05, 0) is 50.6 Å². The summed E-state index contributed by atoms with van der Waals surface area (Å²) in [4.78, 5) is 35.4. The van der Waals surface area contributed by atoms with Gasteiger partial charge in [0.1, 0.15) is 6.04 Å². The third-order valence-electron chi connectivity index (χ3n) is 4.31. The number of nitrogens with one attached hydrogen (secondary N) is 2. The van der Waals surface area contributed by atoms with E-state index in [4.69, 9.17) is 9.84 Å². The summed E-state index contributed by atoms with van der Waals surface area (Å²) in [6.07, 6.45) is 0.